The number of carbonyl (C=O) groups is 2. The van der Waals surface area contributed by atoms with Crippen LogP contribution in [-0.2, 0) is 22.7 Å². The number of para-hydroxylation sites is 2. The molecule has 182 valence electrons. The van der Waals surface area contributed by atoms with Crippen LogP contribution in [0, 0.1) is 0 Å². The van der Waals surface area contributed by atoms with Gasteiger partial charge < -0.3 is 20.4 Å². The predicted octanol–water partition coefficient (Wildman–Crippen LogP) is 2.63. The highest BCUT2D eigenvalue weighted by atomic mass is 16.3. The third-order valence-electron chi connectivity index (χ3n) is 6.49. The smallest absolute Gasteiger partial charge is 0.255 e. The van der Waals surface area contributed by atoms with Gasteiger partial charge in [-0.25, -0.2) is 4.98 Å². The molecular formula is C28H26N4O4. The van der Waals surface area contributed by atoms with E-state index in [0.717, 1.165) is 33.4 Å². The minimum atomic E-state index is -1.92. The number of amides is 2. The topological polar surface area (TPSA) is 108 Å². The Hall–Kier alpha value is -4.27. The van der Waals surface area contributed by atoms with E-state index in [-0.39, 0.29) is 0 Å². The third kappa shape index (κ3) is 4.39. The van der Waals surface area contributed by atoms with Crippen LogP contribution >= 0.6 is 0 Å². The molecule has 0 saturated heterocycles. The van der Waals surface area contributed by atoms with E-state index in [1.165, 1.54) is 11.0 Å². The van der Waals surface area contributed by atoms with Crippen molar-refractivity contribution in [1.82, 2.24) is 19.8 Å². The van der Waals surface area contributed by atoms with Crippen molar-refractivity contribution in [3.05, 3.63) is 108 Å². The number of benzene rings is 3. The monoisotopic (exact) mass is 482 g/mol. The Morgan fingerprint density at radius 2 is 1.56 bits per heavy atom. The highest BCUT2D eigenvalue weighted by Gasteiger charge is 2.36. The third-order valence-corrected chi connectivity index (χ3v) is 6.49. The predicted molar refractivity (Wildman–Crippen MR) is 135 cm³/mol. The maximum absolute atomic E-state index is 12.7. The molecule has 3 aromatic carbocycles. The Morgan fingerprint density at radius 3 is 2.22 bits per heavy atom. The number of rotatable bonds is 7. The van der Waals surface area contributed by atoms with Crippen LogP contribution in [0.1, 0.15) is 22.7 Å². The highest BCUT2D eigenvalue weighted by molar-refractivity contribution is 5.91. The molecule has 2 heterocycles. The molecule has 2 amide bonds. The number of aliphatic hydroxyl groups excluding tert-OH is 2. The first-order chi connectivity index (χ1) is 17.5. The van der Waals surface area contributed by atoms with E-state index in [9.17, 15) is 19.8 Å². The lowest BCUT2D eigenvalue weighted by Gasteiger charge is -2.24. The van der Waals surface area contributed by atoms with Crippen LogP contribution in [0.5, 0.6) is 0 Å². The molecule has 0 saturated carbocycles. The first kappa shape index (κ1) is 23.5. The molecule has 0 spiro atoms. The largest absolute Gasteiger partial charge is 0.380 e. The molecule has 1 aromatic heterocycles. The standard InChI is InChI=1S/C28H26N4O4/c1-2-22(18-11-13-21(14-12-18)32-17-29-23-9-5-6-10-24(23)32)30-27(35)25(33)26(34)28(36)31-15-19-7-3-4-8-20(19)16-31/h2-14,17,22,25-26,33-34H,1,15-16H2,(H,30,35)/t22-,25+,26+/m0/s1. The molecule has 0 unspecified atom stereocenters. The van der Waals surface area contributed by atoms with Crippen LogP contribution < -0.4 is 5.32 Å². The fourth-order valence-corrected chi connectivity index (χ4v) is 4.48. The Kier molecular flexibility index (Phi) is 6.37. The van der Waals surface area contributed by atoms with Crippen LogP contribution in [0.15, 0.2) is 91.8 Å². The lowest BCUT2D eigenvalue weighted by Crippen LogP contribution is -2.50. The summed E-state index contributed by atoms with van der Waals surface area (Å²) in [5.74, 6) is -1.55. The summed E-state index contributed by atoms with van der Waals surface area (Å²) in [6.45, 7) is 4.43. The first-order valence-corrected chi connectivity index (χ1v) is 11.6. The van der Waals surface area contributed by atoms with Gasteiger partial charge in [-0.1, -0.05) is 54.6 Å². The fourth-order valence-electron chi connectivity index (χ4n) is 4.48. The first-order valence-electron chi connectivity index (χ1n) is 11.6. The molecule has 8 heteroatoms. The minimum Gasteiger partial charge on any atom is -0.380 e. The van der Waals surface area contributed by atoms with Gasteiger partial charge in [0.2, 0.25) is 0 Å². The summed E-state index contributed by atoms with van der Waals surface area (Å²) in [5.41, 5.74) is 5.45. The van der Waals surface area contributed by atoms with Gasteiger partial charge in [-0.15, -0.1) is 6.58 Å². The quantitative estimate of drug-likeness (QED) is 0.351. The van der Waals surface area contributed by atoms with Crippen molar-refractivity contribution < 1.29 is 19.8 Å². The SMILES string of the molecule is C=C[C@H](NC(=O)[C@H](O)[C@@H](O)C(=O)N1Cc2ccccc2C1)c1ccc(-n2cnc3ccccc32)cc1. The number of aliphatic hydroxyl groups is 2. The van der Waals surface area contributed by atoms with Gasteiger partial charge in [0.1, 0.15) is 6.33 Å². The van der Waals surface area contributed by atoms with Gasteiger partial charge >= 0.3 is 0 Å². The molecule has 4 aromatic rings. The van der Waals surface area contributed by atoms with E-state index in [1.807, 2.05) is 77.4 Å². The van der Waals surface area contributed by atoms with Crippen molar-refractivity contribution in [2.24, 2.45) is 0 Å². The van der Waals surface area contributed by atoms with Crippen LogP contribution in [0.25, 0.3) is 16.7 Å². The number of hydrogen-bond donors (Lipinski definition) is 3. The van der Waals surface area contributed by atoms with Crippen molar-refractivity contribution in [3.63, 3.8) is 0 Å². The number of carbonyl (C=O) groups excluding carboxylic acids is 2. The van der Waals surface area contributed by atoms with E-state index in [1.54, 1.807) is 6.33 Å². The number of hydrogen-bond acceptors (Lipinski definition) is 5. The molecule has 0 fully saturated rings. The summed E-state index contributed by atoms with van der Waals surface area (Å²) >= 11 is 0. The summed E-state index contributed by atoms with van der Waals surface area (Å²) in [5, 5.41) is 23.5. The maximum atomic E-state index is 12.7. The van der Waals surface area contributed by atoms with Crippen molar-refractivity contribution >= 4 is 22.8 Å². The van der Waals surface area contributed by atoms with Crippen molar-refractivity contribution in [3.8, 4) is 5.69 Å². The summed E-state index contributed by atoms with van der Waals surface area (Å²) in [7, 11) is 0. The zero-order valence-electron chi connectivity index (χ0n) is 19.5. The average molecular weight is 483 g/mol. The number of nitrogens with zero attached hydrogens (tertiary/aromatic N) is 3. The van der Waals surface area contributed by atoms with Gasteiger partial charge in [0.05, 0.1) is 17.1 Å². The van der Waals surface area contributed by atoms with E-state index < -0.39 is 30.1 Å². The average Bonchev–Trinajstić information content (AvgIpc) is 3.55. The summed E-state index contributed by atoms with van der Waals surface area (Å²) in [4.78, 5) is 31.3. The molecule has 36 heavy (non-hydrogen) atoms. The van der Waals surface area contributed by atoms with E-state index >= 15 is 0 Å². The lowest BCUT2D eigenvalue weighted by molar-refractivity contribution is -0.153. The van der Waals surface area contributed by atoms with Gasteiger partial charge in [-0.05, 0) is 41.0 Å². The van der Waals surface area contributed by atoms with Crippen LogP contribution in [0.3, 0.4) is 0 Å². The summed E-state index contributed by atoms with van der Waals surface area (Å²) in [6, 6.07) is 22.2. The molecule has 8 nitrogen and oxygen atoms in total. The second-order valence-corrected chi connectivity index (χ2v) is 8.77. The van der Waals surface area contributed by atoms with Gasteiger partial charge in [-0.3, -0.25) is 14.2 Å². The molecule has 0 radical (unpaired) electrons. The van der Waals surface area contributed by atoms with E-state index in [2.05, 4.69) is 16.9 Å². The number of nitrogens with one attached hydrogen (secondary N) is 1. The normalized spacial score (nSPS) is 15.2. The van der Waals surface area contributed by atoms with Crippen LogP contribution in [0.2, 0.25) is 0 Å². The minimum absolute atomic E-state index is 0.328. The lowest BCUT2D eigenvalue weighted by atomic mass is 10.0. The van der Waals surface area contributed by atoms with Crippen LogP contribution in [0.4, 0.5) is 0 Å². The van der Waals surface area contributed by atoms with E-state index in [4.69, 9.17) is 0 Å². The highest BCUT2D eigenvalue weighted by Crippen LogP contribution is 2.24. The van der Waals surface area contributed by atoms with Crippen LogP contribution in [-0.4, -0.2) is 48.7 Å². The Morgan fingerprint density at radius 1 is 0.917 bits per heavy atom. The van der Waals surface area contributed by atoms with Gasteiger partial charge in [0, 0.05) is 18.8 Å². The molecule has 1 aliphatic heterocycles. The van der Waals surface area contributed by atoms with Crippen molar-refractivity contribution in [2.45, 2.75) is 31.3 Å². The Balaban J connectivity index is 1.24. The molecule has 1 aliphatic rings. The maximum Gasteiger partial charge on any atom is 0.255 e. The van der Waals surface area contributed by atoms with E-state index in [0.29, 0.717) is 13.1 Å². The van der Waals surface area contributed by atoms with Crippen molar-refractivity contribution in [2.75, 3.05) is 0 Å². The molecule has 3 N–H and O–H groups in total. The number of fused-ring (bicyclic) bond motifs is 2. The zero-order valence-corrected chi connectivity index (χ0v) is 19.5. The summed E-state index contributed by atoms with van der Waals surface area (Å²) in [6.07, 6.45) is -0.514. The molecular weight excluding hydrogens is 456 g/mol. The van der Waals surface area contributed by atoms with Gasteiger partial charge in [-0.2, -0.15) is 0 Å². The molecule has 0 bridgehead atoms. The molecule has 3 atom stereocenters. The van der Waals surface area contributed by atoms with Gasteiger partial charge in [0.15, 0.2) is 12.2 Å². The van der Waals surface area contributed by atoms with Crippen molar-refractivity contribution in [1.29, 1.82) is 0 Å². The number of imidazole rings is 1. The Labute approximate surface area is 208 Å². The fraction of sp³-hybridized carbons (Fsp3) is 0.179. The molecule has 0 aliphatic carbocycles. The number of aromatic nitrogens is 2. The second kappa shape index (κ2) is 9.77. The Bertz CT molecular complexity index is 1400. The second-order valence-electron chi connectivity index (χ2n) is 8.77. The van der Waals surface area contributed by atoms with Gasteiger partial charge in [0.25, 0.3) is 11.8 Å². The zero-order chi connectivity index (χ0) is 25.2. The molecule has 5 rings (SSSR count). The summed E-state index contributed by atoms with van der Waals surface area (Å²) < 4.78 is 1.96.